The van der Waals surface area contributed by atoms with Gasteiger partial charge in [0.1, 0.15) is 5.60 Å². The van der Waals surface area contributed by atoms with E-state index in [9.17, 15) is 4.79 Å². The van der Waals surface area contributed by atoms with Gasteiger partial charge in [0, 0.05) is 10.5 Å². The minimum atomic E-state index is -0.504. The van der Waals surface area contributed by atoms with Gasteiger partial charge in [-0.05, 0) is 64.3 Å². The van der Waals surface area contributed by atoms with Crippen LogP contribution < -0.4 is 0 Å². The number of carbonyl (C=O) groups is 1. The van der Waals surface area contributed by atoms with Crippen molar-refractivity contribution in [2.24, 2.45) is 0 Å². The number of ether oxygens (including phenoxy) is 1. The predicted molar refractivity (Wildman–Crippen MR) is 111 cm³/mol. The van der Waals surface area contributed by atoms with Gasteiger partial charge in [-0.1, -0.05) is 28.9 Å². The van der Waals surface area contributed by atoms with Gasteiger partial charge in [-0.15, -0.1) is 0 Å². The molecular formula is C21H26BrN3O2. The summed E-state index contributed by atoms with van der Waals surface area (Å²) in [7, 11) is 0. The Hall–Kier alpha value is -1.95. The quantitative estimate of drug-likeness (QED) is 0.622. The van der Waals surface area contributed by atoms with Crippen LogP contribution in [0.2, 0.25) is 0 Å². The molecule has 6 heteroatoms. The van der Waals surface area contributed by atoms with Crippen molar-refractivity contribution < 1.29 is 9.53 Å². The van der Waals surface area contributed by atoms with Crippen molar-refractivity contribution in [3.05, 3.63) is 40.6 Å². The third-order valence-corrected chi connectivity index (χ3v) is 5.09. The average molecular weight is 432 g/mol. The summed E-state index contributed by atoms with van der Waals surface area (Å²) in [6.45, 7) is 9.82. The lowest BCUT2D eigenvalue weighted by atomic mass is 9.93. The van der Waals surface area contributed by atoms with Crippen LogP contribution in [-0.4, -0.2) is 38.6 Å². The number of hydrogen-bond acceptors (Lipinski definition) is 4. The highest BCUT2D eigenvalue weighted by Gasteiger charge is 2.34. The molecule has 0 saturated heterocycles. The van der Waals surface area contributed by atoms with Crippen molar-refractivity contribution in [2.45, 2.75) is 65.1 Å². The molecule has 1 aromatic carbocycles. The van der Waals surface area contributed by atoms with Gasteiger partial charge in [-0.2, -0.15) is 0 Å². The van der Waals surface area contributed by atoms with Crippen LogP contribution in [0.15, 0.2) is 34.9 Å². The normalized spacial score (nSPS) is 20.5. The van der Waals surface area contributed by atoms with E-state index in [-0.39, 0.29) is 18.2 Å². The Bertz CT molecular complexity index is 889. The SMILES string of the molecule is CCC1C=C(c2cnc3ccc(Br)cc3n2)CC(C)N1C(=O)OC(C)(C)C. The molecule has 2 atom stereocenters. The van der Waals surface area contributed by atoms with Gasteiger partial charge < -0.3 is 4.74 Å². The van der Waals surface area contributed by atoms with Gasteiger partial charge in [-0.25, -0.2) is 9.78 Å². The summed E-state index contributed by atoms with van der Waals surface area (Å²) in [5.74, 6) is 0. The molecule has 0 fully saturated rings. The van der Waals surface area contributed by atoms with E-state index in [1.807, 2.05) is 50.1 Å². The molecule has 0 bridgehead atoms. The molecule has 2 heterocycles. The van der Waals surface area contributed by atoms with Crippen LogP contribution >= 0.6 is 15.9 Å². The Labute approximate surface area is 169 Å². The largest absolute Gasteiger partial charge is 0.444 e. The maximum atomic E-state index is 12.7. The standard InChI is InChI=1S/C21H26BrN3O2/c1-6-16-10-14(9-13(2)25(16)20(26)27-21(3,4)5)19-12-23-17-8-7-15(22)11-18(17)24-19/h7-8,10-13,16H,6,9H2,1-5H3. The first-order valence-electron chi connectivity index (χ1n) is 9.32. The third-order valence-electron chi connectivity index (χ3n) is 4.60. The summed E-state index contributed by atoms with van der Waals surface area (Å²) < 4.78 is 6.60. The first-order valence-corrected chi connectivity index (χ1v) is 10.1. The number of fused-ring (bicyclic) bond motifs is 1. The number of halogens is 1. The van der Waals surface area contributed by atoms with Crippen LogP contribution in [0.5, 0.6) is 0 Å². The number of hydrogen-bond donors (Lipinski definition) is 0. The zero-order chi connectivity index (χ0) is 19.8. The number of rotatable bonds is 2. The van der Waals surface area contributed by atoms with Gasteiger partial charge in [-0.3, -0.25) is 9.88 Å². The molecule has 2 aromatic rings. The fraction of sp³-hybridized carbons (Fsp3) is 0.476. The zero-order valence-corrected chi connectivity index (χ0v) is 18.1. The molecule has 0 aliphatic carbocycles. The van der Waals surface area contributed by atoms with Gasteiger partial charge >= 0.3 is 6.09 Å². The maximum absolute atomic E-state index is 12.7. The number of aromatic nitrogens is 2. The third kappa shape index (κ3) is 4.49. The topological polar surface area (TPSA) is 55.3 Å². The molecule has 1 aliphatic heterocycles. The summed E-state index contributed by atoms with van der Waals surface area (Å²) >= 11 is 3.49. The van der Waals surface area contributed by atoms with Crippen molar-refractivity contribution in [3.8, 4) is 0 Å². The van der Waals surface area contributed by atoms with E-state index in [0.717, 1.165) is 39.6 Å². The first-order chi connectivity index (χ1) is 12.7. The van der Waals surface area contributed by atoms with Gasteiger partial charge in [0.15, 0.2) is 0 Å². The number of amides is 1. The molecule has 1 aromatic heterocycles. The number of nitrogens with zero attached hydrogens (tertiary/aromatic N) is 3. The molecule has 144 valence electrons. The van der Waals surface area contributed by atoms with Gasteiger partial charge in [0.2, 0.25) is 0 Å². The molecule has 0 radical (unpaired) electrons. The van der Waals surface area contributed by atoms with Crippen LogP contribution in [0, 0.1) is 0 Å². The Morgan fingerprint density at radius 3 is 2.74 bits per heavy atom. The second-order valence-electron chi connectivity index (χ2n) is 8.00. The summed E-state index contributed by atoms with van der Waals surface area (Å²) in [5.41, 5.74) is 3.22. The Kier molecular flexibility index (Phi) is 5.56. The van der Waals surface area contributed by atoms with Gasteiger partial charge in [0.05, 0.1) is 29.0 Å². The predicted octanol–water partition coefficient (Wildman–Crippen LogP) is 5.58. The van der Waals surface area contributed by atoms with E-state index in [1.54, 1.807) is 0 Å². The molecule has 0 spiro atoms. The molecule has 3 rings (SSSR count). The lowest BCUT2D eigenvalue weighted by molar-refractivity contribution is 0.0102. The second kappa shape index (κ2) is 7.58. The molecule has 27 heavy (non-hydrogen) atoms. The van der Waals surface area contributed by atoms with E-state index in [1.165, 1.54) is 0 Å². The molecule has 0 saturated carbocycles. The highest BCUT2D eigenvalue weighted by molar-refractivity contribution is 9.10. The van der Waals surface area contributed by atoms with Crippen LogP contribution in [0.1, 0.15) is 53.2 Å². The number of carbonyl (C=O) groups excluding carboxylic acids is 1. The fourth-order valence-corrected chi connectivity index (χ4v) is 3.75. The monoisotopic (exact) mass is 431 g/mol. The molecule has 1 aliphatic rings. The zero-order valence-electron chi connectivity index (χ0n) is 16.5. The summed E-state index contributed by atoms with van der Waals surface area (Å²) in [4.78, 5) is 23.9. The van der Waals surface area contributed by atoms with E-state index in [2.05, 4.69) is 40.8 Å². The van der Waals surface area contributed by atoms with Crippen LogP contribution in [0.25, 0.3) is 16.6 Å². The van der Waals surface area contributed by atoms with Gasteiger partial charge in [0.25, 0.3) is 0 Å². The second-order valence-corrected chi connectivity index (χ2v) is 8.91. The summed E-state index contributed by atoms with van der Waals surface area (Å²) in [6.07, 6.45) is 5.25. The van der Waals surface area contributed by atoms with Crippen molar-refractivity contribution in [1.29, 1.82) is 0 Å². The Balaban J connectivity index is 1.93. The molecular weight excluding hydrogens is 406 g/mol. The maximum Gasteiger partial charge on any atom is 0.411 e. The number of benzene rings is 1. The van der Waals surface area contributed by atoms with Crippen LogP contribution in [0.4, 0.5) is 4.79 Å². The smallest absolute Gasteiger partial charge is 0.411 e. The van der Waals surface area contributed by atoms with Crippen molar-refractivity contribution in [3.63, 3.8) is 0 Å². The summed E-state index contributed by atoms with van der Waals surface area (Å²) in [5, 5.41) is 0. The minimum absolute atomic E-state index is 0.0152. The molecule has 5 nitrogen and oxygen atoms in total. The highest BCUT2D eigenvalue weighted by Crippen LogP contribution is 2.31. The van der Waals surface area contributed by atoms with E-state index >= 15 is 0 Å². The van der Waals surface area contributed by atoms with Crippen LogP contribution in [0.3, 0.4) is 0 Å². The first kappa shape index (κ1) is 19.8. The van der Waals surface area contributed by atoms with E-state index in [0.29, 0.717) is 0 Å². The fourth-order valence-electron chi connectivity index (χ4n) is 3.40. The van der Waals surface area contributed by atoms with E-state index < -0.39 is 5.60 Å². The van der Waals surface area contributed by atoms with Crippen molar-refractivity contribution in [2.75, 3.05) is 0 Å². The summed E-state index contributed by atoms with van der Waals surface area (Å²) in [6, 6.07) is 5.91. The van der Waals surface area contributed by atoms with Crippen LogP contribution in [-0.2, 0) is 4.74 Å². The Morgan fingerprint density at radius 1 is 1.33 bits per heavy atom. The average Bonchev–Trinajstić information content (AvgIpc) is 2.58. The van der Waals surface area contributed by atoms with Crippen molar-refractivity contribution in [1.82, 2.24) is 14.9 Å². The van der Waals surface area contributed by atoms with E-state index in [4.69, 9.17) is 9.72 Å². The molecule has 1 amide bonds. The van der Waals surface area contributed by atoms with Crippen molar-refractivity contribution >= 4 is 38.6 Å². The lowest BCUT2D eigenvalue weighted by Crippen LogP contribution is -2.49. The minimum Gasteiger partial charge on any atom is -0.444 e. The Morgan fingerprint density at radius 2 is 2.07 bits per heavy atom. The molecule has 0 N–H and O–H groups in total. The lowest BCUT2D eigenvalue weighted by Gasteiger charge is -2.39. The highest BCUT2D eigenvalue weighted by atomic mass is 79.9. The molecule has 2 unspecified atom stereocenters.